The van der Waals surface area contributed by atoms with Crippen LogP contribution in [0.3, 0.4) is 0 Å². The first kappa shape index (κ1) is 13.0. The highest BCUT2D eigenvalue weighted by Crippen LogP contribution is 2.21. The summed E-state index contributed by atoms with van der Waals surface area (Å²) in [6, 6.07) is -0.0516. The molecule has 7 heteroatoms. The van der Waals surface area contributed by atoms with Gasteiger partial charge in [-0.25, -0.2) is 8.42 Å². The molecule has 0 saturated carbocycles. The van der Waals surface area contributed by atoms with E-state index in [1.807, 2.05) is 13.8 Å². The van der Waals surface area contributed by atoms with E-state index < -0.39 is 10.0 Å². The Bertz CT molecular complexity index is 440. The van der Waals surface area contributed by atoms with E-state index in [2.05, 4.69) is 10.2 Å². The molecule has 0 aliphatic rings. The average molecular weight is 246 g/mol. The van der Waals surface area contributed by atoms with E-state index in [1.54, 1.807) is 7.05 Å². The molecule has 1 heterocycles. The summed E-state index contributed by atoms with van der Waals surface area (Å²) < 4.78 is 25.6. The topological polar surface area (TPSA) is 92.1 Å². The molecule has 16 heavy (non-hydrogen) atoms. The maximum Gasteiger partial charge on any atom is 0.248 e. The zero-order valence-electron chi connectivity index (χ0n) is 9.77. The summed E-state index contributed by atoms with van der Waals surface area (Å²) in [5, 5.41) is 6.04. The molecule has 6 nitrogen and oxygen atoms in total. The second-order valence-corrected chi connectivity index (χ2v) is 5.77. The highest BCUT2D eigenvalue weighted by Gasteiger charge is 2.27. The average Bonchev–Trinajstić information content (AvgIpc) is 2.64. The van der Waals surface area contributed by atoms with Crippen molar-refractivity contribution in [1.82, 2.24) is 14.5 Å². The van der Waals surface area contributed by atoms with Crippen LogP contribution in [0.4, 0.5) is 5.82 Å². The minimum Gasteiger partial charge on any atom is -0.383 e. The number of hydrogen-bond donors (Lipinski definition) is 2. The molecule has 0 amide bonds. The minimum atomic E-state index is -3.53. The zero-order valence-corrected chi connectivity index (χ0v) is 10.6. The van der Waals surface area contributed by atoms with Gasteiger partial charge in [0.25, 0.3) is 0 Å². The normalized spacial score (nSPS) is 14.2. The van der Waals surface area contributed by atoms with Crippen LogP contribution in [-0.4, -0.2) is 36.0 Å². The number of rotatable bonds is 5. The van der Waals surface area contributed by atoms with E-state index in [9.17, 15) is 8.42 Å². The fraction of sp³-hybridized carbons (Fsp3) is 0.667. The number of nitrogens with one attached hydrogen (secondary N) is 1. The van der Waals surface area contributed by atoms with E-state index in [1.165, 1.54) is 10.5 Å². The fourth-order valence-electron chi connectivity index (χ4n) is 1.48. The van der Waals surface area contributed by atoms with Crippen molar-refractivity contribution in [3.63, 3.8) is 0 Å². The van der Waals surface area contributed by atoms with Gasteiger partial charge in [0.2, 0.25) is 10.0 Å². The number of H-pyrrole nitrogens is 1. The molecule has 3 N–H and O–H groups in total. The van der Waals surface area contributed by atoms with E-state index >= 15 is 0 Å². The first-order valence-electron chi connectivity index (χ1n) is 5.18. The molecule has 0 spiro atoms. The Morgan fingerprint density at radius 1 is 1.62 bits per heavy atom. The van der Waals surface area contributed by atoms with Gasteiger partial charge in [0, 0.05) is 13.1 Å². The SMILES string of the molecule is CCCC(C)N(C)S(=O)(=O)c1cn[nH]c1N. The van der Waals surface area contributed by atoms with Crippen LogP contribution in [0.5, 0.6) is 0 Å². The number of sulfonamides is 1. The van der Waals surface area contributed by atoms with Crippen molar-refractivity contribution in [2.24, 2.45) is 0 Å². The lowest BCUT2D eigenvalue weighted by atomic mass is 10.2. The molecule has 0 saturated heterocycles. The van der Waals surface area contributed by atoms with Gasteiger partial charge in [-0.1, -0.05) is 13.3 Å². The smallest absolute Gasteiger partial charge is 0.248 e. The lowest BCUT2D eigenvalue weighted by Crippen LogP contribution is -2.35. The molecule has 0 aliphatic heterocycles. The summed E-state index contributed by atoms with van der Waals surface area (Å²) in [5.41, 5.74) is 5.51. The molecular weight excluding hydrogens is 228 g/mol. The molecular formula is C9H18N4O2S. The standard InChI is InChI=1S/C9H18N4O2S/c1-4-5-7(2)13(3)16(14,15)8-6-11-12-9(8)10/h6-7H,4-5H2,1-3H3,(H3,10,11,12). The molecule has 1 atom stereocenters. The van der Waals surface area contributed by atoms with Gasteiger partial charge in [0.1, 0.15) is 10.7 Å². The summed E-state index contributed by atoms with van der Waals surface area (Å²) in [5.74, 6) is 0.0792. The number of nitrogens with two attached hydrogens (primary N) is 1. The van der Waals surface area contributed by atoms with Gasteiger partial charge in [0.05, 0.1) is 6.20 Å². The number of hydrogen-bond acceptors (Lipinski definition) is 4. The number of nitrogens with zero attached hydrogens (tertiary/aromatic N) is 2. The van der Waals surface area contributed by atoms with Crippen molar-refractivity contribution in [2.45, 2.75) is 37.6 Å². The predicted octanol–water partition coefficient (Wildman–Crippen LogP) is 0.801. The van der Waals surface area contributed by atoms with Gasteiger partial charge in [0.15, 0.2) is 0 Å². The molecule has 0 aliphatic carbocycles. The van der Waals surface area contributed by atoms with E-state index in [-0.39, 0.29) is 16.8 Å². The van der Waals surface area contributed by atoms with Gasteiger partial charge < -0.3 is 5.73 Å². The van der Waals surface area contributed by atoms with Crippen molar-refractivity contribution >= 4 is 15.8 Å². The third kappa shape index (κ3) is 2.35. The number of aromatic amines is 1. The number of anilines is 1. The van der Waals surface area contributed by atoms with E-state index in [0.29, 0.717) is 0 Å². The highest BCUT2D eigenvalue weighted by atomic mass is 32.2. The molecule has 1 aromatic heterocycles. The van der Waals surface area contributed by atoms with Gasteiger partial charge in [-0.15, -0.1) is 0 Å². The van der Waals surface area contributed by atoms with Crippen molar-refractivity contribution in [1.29, 1.82) is 0 Å². The van der Waals surface area contributed by atoms with E-state index in [4.69, 9.17) is 5.73 Å². The second kappa shape index (κ2) is 4.84. The Morgan fingerprint density at radius 2 is 2.25 bits per heavy atom. The first-order valence-corrected chi connectivity index (χ1v) is 6.62. The lowest BCUT2D eigenvalue weighted by Gasteiger charge is -2.23. The lowest BCUT2D eigenvalue weighted by molar-refractivity contribution is 0.369. The van der Waals surface area contributed by atoms with Gasteiger partial charge in [-0.05, 0) is 13.3 Å². The van der Waals surface area contributed by atoms with Crippen LogP contribution in [0.25, 0.3) is 0 Å². The van der Waals surface area contributed by atoms with Crippen molar-refractivity contribution in [2.75, 3.05) is 12.8 Å². The fourth-order valence-corrected chi connectivity index (χ4v) is 2.88. The Morgan fingerprint density at radius 3 is 2.69 bits per heavy atom. The van der Waals surface area contributed by atoms with Gasteiger partial charge in [-0.3, -0.25) is 5.10 Å². The van der Waals surface area contributed by atoms with Crippen LogP contribution >= 0.6 is 0 Å². The molecule has 1 unspecified atom stereocenters. The van der Waals surface area contributed by atoms with Gasteiger partial charge >= 0.3 is 0 Å². The Labute approximate surface area is 95.9 Å². The predicted molar refractivity (Wildman–Crippen MR) is 62.3 cm³/mol. The summed E-state index contributed by atoms with van der Waals surface area (Å²) in [6.45, 7) is 3.89. The largest absolute Gasteiger partial charge is 0.383 e. The Hall–Kier alpha value is -1.08. The molecule has 1 aromatic rings. The summed E-state index contributed by atoms with van der Waals surface area (Å²) in [7, 11) is -1.98. The maximum absolute atomic E-state index is 12.1. The highest BCUT2D eigenvalue weighted by molar-refractivity contribution is 7.89. The number of nitrogen functional groups attached to an aromatic ring is 1. The van der Waals surface area contributed by atoms with E-state index in [0.717, 1.165) is 12.8 Å². The summed E-state index contributed by atoms with van der Waals surface area (Å²) >= 11 is 0. The van der Waals surface area contributed by atoms with Crippen LogP contribution in [0.1, 0.15) is 26.7 Å². The van der Waals surface area contributed by atoms with Crippen LogP contribution < -0.4 is 5.73 Å². The molecule has 0 radical (unpaired) electrons. The van der Waals surface area contributed by atoms with Crippen molar-refractivity contribution < 1.29 is 8.42 Å². The van der Waals surface area contributed by atoms with Crippen LogP contribution in [0.15, 0.2) is 11.1 Å². The Kier molecular flexibility index (Phi) is 3.93. The Balaban J connectivity index is 2.99. The quantitative estimate of drug-likeness (QED) is 0.803. The van der Waals surface area contributed by atoms with Crippen LogP contribution in [0.2, 0.25) is 0 Å². The second-order valence-electron chi connectivity index (χ2n) is 3.81. The molecule has 1 rings (SSSR count). The first-order chi connectivity index (χ1) is 7.41. The van der Waals surface area contributed by atoms with Crippen LogP contribution in [0, 0.1) is 0 Å². The van der Waals surface area contributed by atoms with Crippen molar-refractivity contribution in [3.05, 3.63) is 6.20 Å². The zero-order chi connectivity index (χ0) is 12.3. The third-order valence-electron chi connectivity index (χ3n) is 2.62. The summed E-state index contributed by atoms with van der Waals surface area (Å²) in [6.07, 6.45) is 2.98. The molecule has 0 aromatic carbocycles. The monoisotopic (exact) mass is 246 g/mol. The minimum absolute atomic E-state index is 0.0398. The molecule has 0 bridgehead atoms. The number of aromatic nitrogens is 2. The maximum atomic E-state index is 12.1. The molecule has 92 valence electrons. The van der Waals surface area contributed by atoms with Crippen LogP contribution in [-0.2, 0) is 10.0 Å². The molecule has 0 fully saturated rings. The van der Waals surface area contributed by atoms with Crippen molar-refractivity contribution in [3.8, 4) is 0 Å². The van der Waals surface area contributed by atoms with Gasteiger partial charge in [-0.2, -0.15) is 9.40 Å². The third-order valence-corrected chi connectivity index (χ3v) is 4.62. The summed E-state index contributed by atoms with van der Waals surface area (Å²) in [4.78, 5) is 0.0398.